The average molecular weight is 242 g/mol. The fraction of sp³-hybridized carbons (Fsp3) is 0.200. The van der Waals surface area contributed by atoms with Gasteiger partial charge in [-0.3, -0.25) is 4.79 Å². The molecule has 4 nitrogen and oxygen atoms in total. The summed E-state index contributed by atoms with van der Waals surface area (Å²) < 4.78 is 17.8. The predicted molar refractivity (Wildman–Crippen MR) is 62.1 cm³/mol. The van der Waals surface area contributed by atoms with E-state index in [-0.39, 0.29) is 28.8 Å². The first-order valence-electron chi connectivity index (χ1n) is 4.44. The van der Waals surface area contributed by atoms with E-state index in [1.54, 1.807) is 0 Å². The molecule has 86 valence electrons. The molecule has 0 aliphatic heterocycles. The van der Waals surface area contributed by atoms with E-state index in [1.807, 2.05) is 0 Å². The topological polar surface area (TPSA) is 64.3 Å². The predicted octanol–water partition coefficient (Wildman–Crippen LogP) is 0.850. The molecule has 3 N–H and O–H groups in total. The van der Waals surface area contributed by atoms with Crippen molar-refractivity contribution in [2.75, 3.05) is 13.7 Å². The standard InChI is InChI=1S/C10H11FN2O2S/c1-15-8-4-6(2-3-7(8)11)10(14)13-5-9(12)16/h2-4H,5H2,1H3,(H2,12,16)(H,13,14). The van der Waals surface area contributed by atoms with Gasteiger partial charge >= 0.3 is 0 Å². The lowest BCUT2D eigenvalue weighted by atomic mass is 10.2. The Labute approximate surface area is 97.6 Å². The molecule has 0 saturated carbocycles. The molecule has 1 amide bonds. The largest absolute Gasteiger partial charge is 0.494 e. The molecule has 0 bridgehead atoms. The highest BCUT2D eigenvalue weighted by Crippen LogP contribution is 2.17. The minimum Gasteiger partial charge on any atom is -0.494 e. The van der Waals surface area contributed by atoms with Gasteiger partial charge in [0, 0.05) is 5.56 Å². The number of nitrogens with one attached hydrogen (secondary N) is 1. The Kier molecular flexibility index (Phi) is 4.19. The second kappa shape index (κ2) is 5.41. The van der Waals surface area contributed by atoms with Crippen LogP contribution in [-0.4, -0.2) is 24.6 Å². The number of amides is 1. The number of carbonyl (C=O) groups excluding carboxylic acids is 1. The van der Waals surface area contributed by atoms with Crippen LogP contribution in [0.3, 0.4) is 0 Å². The highest BCUT2D eigenvalue weighted by molar-refractivity contribution is 7.80. The van der Waals surface area contributed by atoms with Gasteiger partial charge in [-0.15, -0.1) is 0 Å². The maximum Gasteiger partial charge on any atom is 0.251 e. The summed E-state index contributed by atoms with van der Waals surface area (Å²) in [6, 6.07) is 3.82. The van der Waals surface area contributed by atoms with Crippen molar-refractivity contribution in [3.05, 3.63) is 29.6 Å². The van der Waals surface area contributed by atoms with Crippen LogP contribution in [0.2, 0.25) is 0 Å². The average Bonchev–Trinajstić information content (AvgIpc) is 2.26. The van der Waals surface area contributed by atoms with E-state index in [0.717, 1.165) is 6.07 Å². The zero-order valence-electron chi connectivity index (χ0n) is 8.62. The first-order valence-corrected chi connectivity index (χ1v) is 4.85. The van der Waals surface area contributed by atoms with Crippen molar-refractivity contribution in [3.8, 4) is 5.75 Å². The Bertz CT molecular complexity index is 423. The summed E-state index contributed by atoms with van der Waals surface area (Å²) in [6.07, 6.45) is 0. The maximum atomic E-state index is 13.0. The van der Waals surface area contributed by atoms with Gasteiger partial charge in [0.05, 0.1) is 18.6 Å². The first-order chi connectivity index (χ1) is 7.54. The minimum absolute atomic E-state index is 0.0166. The van der Waals surface area contributed by atoms with Crippen molar-refractivity contribution in [2.45, 2.75) is 0 Å². The number of carbonyl (C=O) groups is 1. The lowest BCUT2D eigenvalue weighted by Crippen LogP contribution is -2.32. The van der Waals surface area contributed by atoms with E-state index in [2.05, 4.69) is 17.5 Å². The second-order valence-corrected chi connectivity index (χ2v) is 3.52. The Balaban J connectivity index is 2.80. The molecule has 0 heterocycles. The van der Waals surface area contributed by atoms with Crippen molar-refractivity contribution >= 4 is 23.1 Å². The minimum atomic E-state index is -0.520. The molecule has 0 radical (unpaired) electrons. The monoisotopic (exact) mass is 242 g/mol. The summed E-state index contributed by atoms with van der Waals surface area (Å²) in [5.41, 5.74) is 5.52. The summed E-state index contributed by atoms with van der Waals surface area (Å²) >= 11 is 4.61. The van der Waals surface area contributed by atoms with Gasteiger partial charge in [0.2, 0.25) is 0 Å². The molecule has 0 spiro atoms. The third-order valence-corrected chi connectivity index (χ3v) is 1.98. The van der Waals surface area contributed by atoms with Crippen molar-refractivity contribution in [3.63, 3.8) is 0 Å². The number of nitrogens with two attached hydrogens (primary N) is 1. The van der Waals surface area contributed by atoms with Crippen molar-refractivity contribution in [1.29, 1.82) is 0 Å². The summed E-state index contributed by atoms with van der Waals surface area (Å²) in [4.78, 5) is 11.7. The van der Waals surface area contributed by atoms with Crippen LogP contribution >= 0.6 is 12.2 Å². The molecule has 0 aliphatic rings. The molecular weight excluding hydrogens is 231 g/mol. The number of ether oxygens (including phenoxy) is 1. The lowest BCUT2D eigenvalue weighted by Gasteiger charge is -2.06. The SMILES string of the molecule is COc1cc(C(=O)NCC(N)=S)ccc1F. The van der Waals surface area contributed by atoms with E-state index in [0.29, 0.717) is 0 Å². The molecule has 0 atom stereocenters. The van der Waals surface area contributed by atoms with Crippen LogP contribution < -0.4 is 15.8 Å². The normalized spacial score (nSPS) is 9.62. The van der Waals surface area contributed by atoms with E-state index in [1.165, 1.54) is 19.2 Å². The molecule has 0 aliphatic carbocycles. The van der Waals surface area contributed by atoms with Gasteiger partial charge < -0.3 is 15.8 Å². The van der Waals surface area contributed by atoms with E-state index in [9.17, 15) is 9.18 Å². The zero-order valence-corrected chi connectivity index (χ0v) is 9.44. The lowest BCUT2D eigenvalue weighted by molar-refractivity contribution is 0.0959. The van der Waals surface area contributed by atoms with E-state index < -0.39 is 5.82 Å². The number of rotatable bonds is 4. The summed E-state index contributed by atoms with van der Waals surface area (Å²) in [5.74, 6) is -0.887. The third-order valence-electron chi connectivity index (χ3n) is 1.84. The van der Waals surface area contributed by atoms with Gasteiger partial charge in [-0.25, -0.2) is 4.39 Å². The van der Waals surface area contributed by atoms with Crippen LogP contribution in [0.1, 0.15) is 10.4 Å². The van der Waals surface area contributed by atoms with Crippen LogP contribution in [0.5, 0.6) is 5.75 Å². The van der Waals surface area contributed by atoms with Crippen molar-refractivity contribution in [1.82, 2.24) is 5.32 Å². The van der Waals surface area contributed by atoms with Crippen molar-refractivity contribution < 1.29 is 13.9 Å². The van der Waals surface area contributed by atoms with Gasteiger partial charge in [-0.1, -0.05) is 12.2 Å². The van der Waals surface area contributed by atoms with Crippen LogP contribution in [-0.2, 0) is 0 Å². The molecule has 0 fully saturated rings. The van der Waals surface area contributed by atoms with Crippen LogP contribution in [0.25, 0.3) is 0 Å². The van der Waals surface area contributed by atoms with Crippen LogP contribution in [0.15, 0.2) is 18.2 Å². The quantitative estimate of drug-likeness (QED) is 0.768. The number of halogens is 1. The van der Waals surface area contributed by atoms with Gasteiger partial charge in [-0.05, 0) is 18.2 Å². The molecule has 0 unspecified atom stereocenters. The van der Waals surface area contributed by atoms with Crippen LogP contribution in [0.4, 0.5) is 4.39 Å². The van der Waals surface area contributed by atoms with Crippen molar-refractivity contribution in [2.24, 2.45) is 5.73 Å². The Hall–Kier alpha value is -1.69. The van der Waals surface area contributed by atoms with Gasteiger partial charge in [0.1, 0.15) is 0 Å². The van der Waals surface area contributed by atoms with Gasteiger partial charge in [0.25, 0.3) is 5.91 Å². The van der Waals surface area contributed by atoms with Crippen LogP contribution in [0, 0.1) is 5.82 Å². The molecule has 0 aromatic heterocycles. The molecule has 1 aromatic rings. The smallest absolute Gasteiger partial charge is 0.251 e. The zero-order chi connectivity index (χ0) is 12.1. The second-order valence-electron chi connectivity index (χ2n) is 3.00. The van der Waals surface area contributed by atoms with Gasteiger partial charge in [0.15, 0.2) is 11.6 Å². The van der Waals surface area contributed by atoms with E-state index >= 15 is 0 Å². The van der Waals surface area contributed by atoms with E-state index in [4.69, 9.17) is 10.5 Å². The maximum absolute atomic E-state index is 13.0. The summed E-state index contributed by atoms with van der Waals surface area (Å²) in [7, 11) is 1.33. The highest BCUT2D eigenvalue weighted by atomic mass is 32.1. The number of thiocarbonyl (C=S) groups is 1. The molecular formula is C10H11FN2O2S. The first kappa shape index (κ1) is 12.4. The summed E-state index contributed by atoms with van der Waals surface area (Å²) in [6.45, 7) is 0.105. The summed E-state index contributed by atoms with van der Waals surface area (Å²) in [5, 5.41) is 2.49. The Morgan fingerprint density at radius 2 is 2.31 bits per heavy atom. The molecule has 6 heteroatoms. The Morgan fingerprint density at radius 1 is 1.62 bits per heavy atom. The molecule has 16 heavy (non-hydrogen) atoms. The number of benzene rings is 1. The van der Waals surface area contributed by atoms with Gasteiger partial charge in [-0.2, -0.15) is 0 Å². The molecule has 0 saturated heterocycles. The number of methoxy groups -OCH3 is 1. The third kappa shape index (κ3) is 3.16. The highest BCUT2D eigenvalue weighted by Gasteiger charge is 2.09. The fourth-order valence-electron chi connectivity index (χ4n) is 1.07. The fourth-order valence-corrected chi connectivity index (χ4v) is 1.14. The molecule has 1 aromatic carbocycles. The number of hydrogen-bond acceptors (Lipinski definition) is 3. The molecule has 1 rings (SSSR count). The number of hydrogen-bond donors (Lipinski definition) is 2. The Morgan fingerprint density at radius 3 is 2.88 bits per heavy atom.